The molecule has 1 fully saturated rings. The summed E-state index contributed by atoms with van der Waals surface area (Å²) in [4.78, 5) is 17.1. The van der Waals surface area contributed by atoms with Crippen molar-refractivity contribution in [1.82, 2.24) is 4.90 Å². The summed E-state index contributed by atoms with van der Waals surface area (Å²) in [6.45, 7) is 7.66. The van der Waals surface area contributed by atoms with Crippen molar-refractivity contribution >= 4 is 17.5 Å². The van der Waals surface area contributed by atoms with Crippen LogP contribution in [0.25, 0.3) is 11.1 Å². The number of hydrogen-bond acceptors (Lipinski definition) is 5. The van der Waals surface area contributed by atoms with Gasteiger partial charge in [0.05, 0.1) is 0 Å². The average molecular weight is 457 g/mol. The van der Waals surface area contributed by atoms with E-state index in [9.17, 15) is 4.79 Å². The predicted octanol–water partition coefficient (Wildman–Crippen LogP) is 4.42. The molecule has 5 rings (SSSR count). The van der Waals surface area contributed by atoms with Gasteiger partial charge in [-0.3, -0.25) is 0 Å². The van der Waals surface area contributed by atoms with Gasteiger partial charge in [-0.25, -0.2) is 4.79 Å². The van der Waals surface area contributed by atoms with Gasteiger partial charge in [-0.2, -0.15) is 0 Å². The zero-order chi connectivity index (χ0) is 23.8. The zero-order valence-electron chi connectivity index (χ0n) is 19.9. The number of nitrogens with zero attached hydrogens (tertiary/aromatic N) is 2. The van der Waals surface area contributed by atoms with Gasteiger partial charge in [0.15, 0.2) is 0 Å². The summed E-state index contributed by atoms with van der Waals surface area (Å²) < 4.78 is 5.86. The Labute approximate surface area is 201 Å². The Morgan fingerprint density at radius 2 is 1.53 bits per heavy atom. The highest BCUT2D eigenvalue weighted by Crippen LogP contribution is 2.44. The first-order chi connectivity index (χ1) is 16.5. The van der Waals surface area contributed by atoms with Crippen LogP contribution < -0.4 is 16.4 Å². The predicted molar refractivity (Wildman–Crippen MR) is 137 cm³/mol. The molecule has 0 unspecified atom stereocenters. The monoisotopic (exact) mass is 456 g/mol. The number of nitrogens with two attached hydrogens (primary N) is 2. The molecule has 0 saturated carbocycles. The van der Waals surface area contributed by atoms with E-state index >= 15 is 0 Å². The Balaban J connectivity index is 1.25. The molecule has 34 heavy (non-hydrogen) atoms. The lowest BCUT2D eigenvalue weighted by Crippen LogP contribution is -2.49. The highest BCUT2D eigenvalue weighted by Gasteiger charge is 2.31. The maximum Gasteiger partial charge on any atom is 0.409 e. The molecule has 0 bridgehead atoms. The zero-order valence-corrected chi connectivity index (χ0v) is 19.9. The largest absolute Gasteiger partial charge is 0.448 e. The summed E-state index contributed by atoms with van der Waals surface area (Å²) in [5.74, 6) is 0.0740. The molecule has 2 aliphatic rings. The second kappa shape index (κ2) is 9.03. The van der Waals surface area contributed by atoms with Gasteiger partial charge in [-0.1, -0.05) is 48.5 Å². The molecule has 176 valence electrons. The van der Waals surface area contributed by atoms with E-state index in [1.165, 1.54) is 27.8 Å². The van der Waals surface area contributed by atoms with E-state index in [1.54, 1.807) is 0 Å². The number of ether oxygens (including phenoxy) is 1. The smallest absolute Gasteiger partial charge is 0.409 e. The van der Waals surface area contributed by atoms with E-state index in [1.807, 2.05) is 11.0 Å². The fraction of sp³-hybridized carbons (Fsp3) is 0.321. The fourth-order valence-electron chi connectivity index (χ4n) is 5.46. The molecule has 1 saturated heterocycles. The first-order valence-electron chi connectivity index (χ1n) is 11.9. The minimum Gasteiger partial charge on any atom is -0.448 e. The number of rotatable bonds is 4. The van der Waals surface area contributed by atoms with Crippen molar-refractivity contribution in [3.63, 3.8) is 0 Å². The second-order valence-electron chi connectivity index (χ2n) is 9.21. The third-order valence-electron chi connectivity index (χ3n) is 7.36. The molecule has 1 aliphatic heterocycles. The summed E-state index contributed by atoms with van der Waals surface area (Å²) in [6, 6.07) is 18.8. The molecule has 1 heterocycles. The number of carbonyl (C=O) groups is 1. The number of hydrogen-bond donors (Lipinski definition) is 2. The quantitative estimate of drug-likeness (QED) is 0.568. The van der Waals surface area contributed by atoms with Gasteiger partial charge in [0, 0.05) is 50.0 Å². The molecule has 0 aromatic heterocycles. The first-order valence-corrected chi connectivity index (χ1v) is 11.9. The normalized spacial score (nSPS) is 15.3. The highest BCUT2D eigenvalue weighted by atomic mass is 16.6. The Hall–Kier alpha value is -3.51. The molecule has 1 aliphatic carbocycles. The Kier molecular flexibility index (Phi) is 5.92. The Bertz CT molecular complexity index is 1190. The molecule has 0 spiro atoms. The van der Waals surface area contributed by atoms with E-state index in [2.05, 4.69) is 67.3 Å². The van der Waals surface area contributed by atoms with E-state index in [0.717, 1.165) is 35.6 Å². The van der Waals surface area contributed by atoms with Crippen LogP contribution in [0.3, 0.4) is 0 Å². The maximum atomic E-state index is 13.0. The van der Waals surface area contributed by atoms with Crippen LogP contribution in [-0.2, 0) is 11.3 Å². The first kappa shape index (κ1) is 22.3. The van der Waals surface area contributed by atoms with Gasteiger partial charge >= 0.3 is 6.09 Å². The Morgan fingerprint density at radius 1 is 0.941 bits per heavy atom. The summed E-state index contributed by atoms with van der Waals surface area (Å²) in [5.41, 5.74) is 22.3. The van der Waals surface area contributed by atoms with E-state index in [4.69, 9.17) is 16.2 Å². The van der Waals surface area contributed by atoms with Gasteiger partial charge in [-0.15, -0.1) is 0 Å². The average Bonchev–Trinajstić information content (AvgIpc) is 3.19. The third-order valence-corrected chi connectivity index (χ3v) is 7.36. The van der Waals surface area contributed by atoms with E-state index in [-0.39, 0.29) is 12.0 Å². The highest BCUT2D eigenvalue weighted by molar-refractivity contribution is 5.79. The number of piperazine rings is 1. The lowest BCUT2D eigenvalue weighted by atomic mass is 9.98. The number of benzene rings is 3. The second-order valence-corrected chi connectivity index (χ2v) is 9.21. The van der Waals surface area contributed by atoms with Gasteiger partial charge in [0.1, 0.15) is 6.61 Å². The van der Waals surface area contributed by atoms with Crippen LogP contribution >= 0.6 is 0 Å². The lowest BCUT2D eigenvalue weighted by Gasteiger charge is -2.37. The Morgan fingerprint density at radius 3 is 2.12 bits per heavy atom. The van der Waals surface area contributed by atoms with Crippen molar-refractivity contribution in [3.8, 4) is 11.1 Å². The molecule has 0 atom stereocenters. The maximum absolute atomic E-state index is 13.0. The number of fused-ring (bicyclic) bond motifs is 3. The van der Waals surface area contributed by atoms with Crippen LogP contribution in [0.15, 0.2) is 54.6 Å². The van der Waals surface area contributed by atoms with Gasteiger partial charge in [0.25, 0.3) is 0 Å². The molecule has 0 radical (unpaired) electrons. The van der Waals surface area contributed by atoms with Crippen LogP contribution in [0.2, 0.25) is 0 Å². The van der Waals surface area contributed by atoms with Crippen molar-refractivity contribution in [3.05, 3.63) is 82.4 Å². The number of nitrogen functional groups attached to an aromatic ring is 1. The van der Waals surface area contributed by atoms with Crippen LogP contribution in [0.5, 0.6) is 0 Å². The standard InChI is InChI=1S/C28H32N4O2/c1-18-20(16-29)15-26(30)19(2)27(18)31-11-13-32(14-12-31)28(33)34-17-25-23-9-5-3-7-21(23)22-8-4-6-10-24(22)25/h3-10,15,25H,11-14,16-17,29-30H2,1-2H3. The van der Waals surface area contributed by atoms with Crippen molar-refractivity contribution in [2.75, 3.05) is 43.4 Å². The number of carbonyl (C=O) groups excluding carboxylic acids is 1. The van der Waals surface area contributed by atoms with Gasteiger partial charge < -0.3 is 26.0 Å². The summed E-state index contributed by atoms with van der Waals surface area (Å²) in [5, 5.41) is 0. The van der Waals surface area contributed by atoms with Crippen molar-refractivity contribution < 1.29 is 9.53 Å². The summed E-state index contributed by atoms with van der Waals surface area (Å²) in [7, 11) is 0. The van der Waals surface area contributed by atoms with Crippen LogP contribution in [0.1, 0.15) is 33.7 Å². The van der Waals surface area contributed by atoms with Crippen molar-refractivity contribution in [1.29, 1.82) is 0 Å². The lowest BCUT2D eigenvalue weighted by molar-refractivity contribution is 0.0977. The van der Waals surface area contributed by atoms with Crippen molar-refractivity contribution in [2.24, 2.45) is 5.73 Å². The van der Waals surface area contributed by atoms with Gasteiger partial charge in [-0.05, 0) is 58.9 Å². The summed E-state index contributed by atoms with van der Waals surface area (Å²) >= 11 is 0. The summed E-state index contributed by atoms with van der Waals surface area (Å²) in [6.07, 6.45) is -0.245. The topological polar surface area (TPSA) is 84.8 Å². The van der Waals surface area contributed by atoms with E-state index < -0.39 is 0 Å². The SMILES string of the molecule is Cc1c(N)cc(CN)c(C)c1N1CCN(C(=O)OCC2c3ccccc3-c3ccccc32)CC1. The van der Waals surface area contributed by atoms with Crippen molar-refractivity contribution in [2.45, 2.75) is 26.3 Å². The molecule has 4 N–H and O–H groups in total. The van der Waals surface area contributed by atoms with E-state index in [0.29, 0.717) is 26.2 Å². The number of amides is 1. The molecule has 6 nitrogen and oxygen atoms in total. The minimum absolute atomic E-state index is 0.0740. The minimum atomic E-state index is -0.245. The number of anilines is 2. The molecule has 6 heteroatoms. The molecule has 1 amide bonds. The fourth-order valence-corrected chi connectivity index (χ4v) is 5.46. The van der Waals surface area contributed by atoms with Crippen LogP contribution in [0.4, 0.5) is 16.2 Å². The third kappa shape index (κ3) is 3.78. The molecular formula is C28H32N4O2. The molecular weight excluding hydrogens is 424 g/mol. The van der Waals surface area contributed by atoms with Gasteiger partial charge in [0.2, 0.25) is 0 Å². The van der Waals surface area contributed by atoms with Crippen LogP contribution in [0, 0.1) is 13.8 Å². The molecule has 3 aromatic rings. The van der Waals surface area contributed by atoms with Crippen LogP contribution in [-0.4, -0.2) is 43.8 Å². The molecule has 3 aromatic carbocycles.